The minimum Gasteiger partial charge on any atom is -0.352 e. The zero-order chi connectivity index (χ0) is 17.7. The molecule has 1 unspecified atom stereocenters. The molecule has 2 aromatic heterocycles. The lowest BCUT2D eigenvalue weighted by Crippen LogP contribution is -2.29. The maximum atomic E-state index is 12.6. The van der Waals surface area contributed by atoms with Gasteiger partial charge in [-0.15, -0.1) is 0 Å². The number of aryl methyl sites for hydroxylation is 1. The second-order valence-corrected chi connectivity index (χ2v) is 6.84. The second-order valence-electron chi connectivity index (χ2n) is 6.84. The third-order valence-electron chi connectivity index (χ3n) is 4.59. The zero-order valence-electron chi connectivity index (χ0n) is 15.6. The Morgan fingerprint density at radius 3 is 2.71 bits per heavy atom. The SMILES string of the molecule is CCCCC(CC)CNC(=O)c1cc2cnn(C(C)C)c2nc1C. The summed E-state index contributed by atoms with van der Waals surface area (Å²) in [6.45, 7) is 11.2. The summed E-state index contributed by atoms with van der Waals surface area (Å²) < 4.78 is 1.89. The van der Waals surface area contributed by atoms with Crippen molar-refractivity contribution in [3.8, 4) is 0 Å². The first-order valence-corrected chi connectivity index (χ1v) is 9.10. The largest absolute Gasteiger partial charge is 0.352 e. The van der Waals surface area contributed by atoms with E-state index in [9.17, 15) is 4.79 Å². The standard InChI is InChI=1S/C19H30N4O/c1-6-8-9-15(7-2)11-20-19(24)17-10-16-12-21-23(13(3)4)18(16)22-14(17)5/h10,12-13,15H,6-9,11H2,1-5H3,(H,20,24). The minimum atomic E-state index is -0.0332. The fraction of sp³-hybridized carbons (Fsp3) is 0.632. The van der Waals surface area contributed by atoms with Gasteiger partial charge in [0.15, 0.2) is 5.65 Å². The molecule has 2 heterocycles. The molecule has 2 rings (SSSR count). The molecule has 0 aliphatic rings. The van der Waals surface area contributed by atoms with Crippen molar-refractivity contribution in [2.45, 2.75) is 66.3 Å². The summed E-state index contributed by atoms with van der Waals surface area (Å²) >= 11 is 0. The van der Waals surface area contributed by atoms with Crippen molar-refractivity contribution in [3.05, 3.63) is 23.5 Å². The van der Waals surface area contributed by atoms with Crippen LogP contribution in [0.4, 0.5) is 0 Å². The van der Waals surface area contributed by atoms with E-state index in [1.54, 1.807) is 6.20 Å². The van der Waals surface area contributed by atoms with E-state index in [0.717, 1.165) is 29.7 Å². The summed E-state index contributed by atoms with van der Waals surface area (Å²) in [5.41, 5.74) is 2.24. The summed E-state index contributed by atoms with van der Waals surface area (Å²) in [5, 5.41) is 8.38. The van der Waals surface area contributed by atoms with Gasteiger partial charge in [0.25, 0.3) is 5.91 Å². The Hall–Kier alpha value is -1.91. The van der Waals surface area contributed by atoms with Crippen molar-refractivity contribution in [1.82, 2.24) is 20.1 Å². The van der Waals surface area contributed by atoms with E-state index in [-0.39, 0.29) is 11.9 Å². The number of rotatable bonds is 8. The van der Waals surface area contributed by atoms with Crippen molar-refractivity contribution in [2.24, 2.45) is 5.92 Å². The van der Waals surface area contributed by atoms with E-state index in [2.05, 4.69) is 43.1 Å². The number of aromatic nitrogens is 3. The molecule has 0 aromatic carbocycles. The van der Waals surface area contributed by atoms with Gasteiger partial charge in [0.1, 0.15) is 0 Å². The summed E-state index contributed by atoms with van der Waals surface area (Å²) in [6, 6.07) is 2.16. The number of nitrogens with one attached hydrogen (secondary N) is 1. The van der Waals surface area contributed by atoms with Crippen molar-refractivity contribution >= 4 is 16.9 Å². The molecule has 132 valence electrons. The molecule has 0 spiro atoms. The summed E-state index contributed by atoms with van der Waals surface area (Å²) in [5.74, 6) is 0.517. The molecule has 0 saturated heterocycles. The van der Waals surface area contributed by atoms with E-state index in [0.29, 0.717) is 11.5 Å². The molecule has 1 atom stereocenters. The van der Waals surface area contributed by atoms with E-state index in [1.807, 2.05) is 17.7 Å². The maximum absolute atomic E-state index is 12.6. The van der Waals surface area contributed by atoms with Crippen LogP contribution >= 0.6 is 0 Å². The lowest BCUT2D eigenvalue weighted by atomic mass is 9.99. The lowest BCUT2D eigenvalue weighted by molar-refractivity contribution is 0.0945. The highest BCUT2D eigenvalue weighted by molar-refractivity contribution is 5.98. The van der Waals surface area contributed by atoms with Gasteiger partial charge in [-0.05, 0) is 39.2 Å². The number of pyridine rings is 1. The second kappa shape index (κ2) is 8.27. The highest BCUT2D eigenvalue weighted by Gasteiger charge is 2.16. The Kier molecular flexibility index (Phi) is 6.35. The van der Waals surface area contributed by atoms with Gasteiger partial charge in [-0.3, -0.25) is 4.79 Å². The van der Waals surface area contributed by atoms with E-state index in [1.165, 1.54) is 19.3 Å². The van der Waals surface area contributed by atoms with E-state index < -0.39 is 0 Å². The van der Waals surface area contributed by atoms with Gasteiger partial charge in [-0.25, -0.2) is 9.67 Å². The molecule has 0 aliphatic carbocycles. The number of carbonyl (C=O) groups is 1. The third-order valence-corrected chi connectivity index (χ3v) is 4.59. The van der Waals surface area contributed by atoms with Crippen LogP contribution in [0.15, 0.2) is 12.3 Å². The molecule has 0 aliphatic heterocycles. The van der Waals surface area contributed by atoms with Gasteiger partial charge in [0, 0.05) is 18.0 Å². The first-order valence-electron chi connectivity index (χ1n) is 9.10. The van der Waals surface area contributed by atoms with Gasteiger partial charge in [-0.1, -0.05) is 33.1 Å². The molecule has 1 N–H and O–H groups in total. The number of hydrogen-bond donors (Lipinski definition) is 1. The molecule has 24 heavy (non-hydrogen) atoms. The monoisotopic (exact) mass is 330 g/mol. The van der Waals surface area contributed by atoms with Crippen LogP contribution in [-0.4, -0.2) is 27.2 Å². The highest BCUT2D eigenvalue weighted by atomic mass is 16.1. The minimum absolute atomic E-state index is 0.0332. The van der Waals surface area contributed by atoms with Crippen molar-refractivity contribution in [1.29, 1.82) is 0 Å². The van der Waals surface area contributed by atoms with Crippen LogP contribution in [0, 0.1) is 12.8 Å². The number of carbonyl (C=O) groups excluding carboxylic acids is 1. The zero-order valence-corrected chi connectivity index (χ0v) is 15.6. The Balaban J connectivity index is 2.13. The first-order chi connectivity index (χ1) is 11.5. The van der Waals surface area contributed by atoms with E-state index >= 15 is 0 Å². The van der Waals surface area contributed by atoms with Crippen LogP contribution in [0.1, 0.15) is 75.5 Å². The number of unbranched alkanes of at least 4 members (excludes halogenated alkanes) is 1. The molecule has 0 fully saturated rings. The number of nitrogens with zero attached hydrogens (tertiary/aromatic N) is 3. The molecular formula is C19H30N4O. The number of amides is 1. The Morgan fingerprint density at radius 1 is 1.33 bits per heavy atom. The van der Waals surface area contributed by atoms with Gasteiger partial charge < -0.3 is 5.32 Å². The van der Waals surface area contributed by atoms with Gasteiger partial charge >= 0.3 is 0 Å². The van der Waals surface area contributed by atoms with Crippen LogP contribution in [0.25, 0.3) is 11.0 Å². The maximum Gasteiger partial charge on any atom is 0.253 e. The van der Waals surface area contributed by atoms with Gasteiger partial charge in [-0.2, -0.15) is 5.10 Å². The smallest absolute Gasteiger partial charge is 0.253 e. The highest BCUT2D eigenvalue weighted by Crippen LogP contribution is 2.19. The van der Waals surface area contributed by atoms with Crippen LogP contribution in [-0.2, 0) is 0 Å². The van der Waals surface area contributed by atoms with Crippen molar-refractivity contribution in [3.63, 3.8) is 0 Å². The normalized spacial score (nSPS) is 12.8. The Labute approximate surface area is 144 Å². The molecule has 0 radical (unpaired) electrons. The van der Waals surface area contributed by atoms with Crippen molar-refractivity contribution < 1.29 is 4.79 Å². The molecule has 0 bridgehead atoms. The van der Waals surface area contributed by atoms with Crippen LogP contribution in [0.3, 0.4) is 0 Å². The Bertz CT molecular complexity index is 690. The molecule has 0 saturated carbocycles. The quantitative estimate of drug-likeness (QED) is 0.786. The molecule has 5 heteroatoms. The Morgan fingerprint density at radius 2 is 2.08 bits per heavy atom. The molecule has 2 aromatic rings. The molecule has 1 amide bonds. The summed E-state index contributed by atoms with van der Waals surface area (Å²) in [4.78, 5) is 17.2. The molecular weight excluding hydrogens is 300 g/mol. The first kappa shape index (κ1) is 18.4. The van der Waals surface area contributed by atoms with Crippen LogP contribution in [0.5, 0.6) is 0 Å². The topological polar surface area (TPSA) is 59.8 Å². The van der Waals surface area contributed by atoms with Gasteiger partial charge in [0.05, 0.1) is 17.5 Å². The fourth-order valence-electron chi connectivity index (χ4n) is 2.95. The summed E-state index contributed by atoms with van der Waals surface area (Å²) in [6.07, 6.45) is 6.47. The van der Waals surface area contributed by atoms with E-state index in [4.69, 9.17) is 0 Å². The van der Waals surface area contributed by atoms with Crippen molar-refractivity contribution in [2.75, 3.05) is 6.54 Å². The fourth-order valence-corrected chi connectivity index (χ4v) is 2.95. The van der Waals surface area contributed by atoms with Gasteiger partial charge in [0.2, 0.25) is 0 Å². The van der Waals surface area contributed by atoms with Crippen LogP contribution < -0.4 is 5.32 Å². The summed E-state index contributed by atoms with van der Waals surface area (Å²) in [7, 11) is 0. The molecule has 5 nitrogen and oxygen atoms in total. The average molecular weight is 330 g/mol. The predicted octanol–water partition coefficient (Wildman–Crippen LogP) is 4.27. The average Bonchev–Trinajstić information content (AvgIpc) is 2.96. The number of fused-ring (bicyclic) bond motifs is 1. The lowest BCUT2D eigenvalue weighted by Gasteiger charge is -2.16. The predicted molar refractivity (Wildman–Crippen MR) is 98.3 cm³/mol. The third kappa shape index (κ3) is 4.13. The van der Waals surface area contributed by atoms with Crippen LogP contribution in [0.2, 0.25) is 0 Å². The number of hydrogen-bond acceptors (Lipinski definition) is 3.